The Hall–Kier alpha value is -1.66. The van der Waals surface area contributed by atoms with Crippen LogP contribution < -0.4 is 14.4 Å². The van der Waals surface area contributed by atoms with E-state index in [1.165, 1.54) is 0 Å². The molecule has 3 rings (SSSR count). The lowest BCUT2D eigenvalue weighted by Gasteiger charge is -2.26. The van der Waals surface area contributed by atoms with Gasteiger partial charge in [-0.1, -0.05) is 15.9 Å². The van der Waals surface area contributed by atoms with Gasteiger partial charge in [0.15, 0.2) is 0 Å². The predicted octanol–water partition coefficient (Wildman–Crippen LogP) is 4.24. The average Bonchev–Trinajstić information content (AvgIpc) is 2.96. The highest BCUT2D eigenvalue weighted by Gasteiger charge is 2.35. The number of anilines is 1. The number of nitrogens with zero attached hydrogens (tertiary/aromatic N) is 1. The predicted molar refractivity (Wildman–Crippen MR) is 96.4 cm³/mol. The molecule has 1 amide bonds. The summed E-state index contributed by atoms with van der Waals surface area (Å²) in [5.74, 6) is 2.09. The summed E-state index contributed by atoms with van der Waals surface area (Å²) in [4.78, 5) is 14.2. The van der Waals surface area contributed by atoms with Crippen molar-refractivity contribution in [2.75, 3.05) is 24.9 Å². The summed E-state index contributed by atoms with van der Waals surface area (Å²) in [6.07, 6.45) is 0. The Morgan fingerprint density at radius 1 is 1.13 bits per heavy atom. The molecule has 0 bridgehead atoms. The first-order valence-corrected chi connectivity index (χ1v) is 8.89. The molecule has 4 nitrogen and oxygen atoms in total. The van der Waals surface area contributed by atoms with Crippen LogP contribution in [0.15, 0.2) is 46.9 Å². The minimum atomic E-state index is -0.108. The van der Waals surface area contributed by atoms with Gasteiger partial charge in [-0.15, -0.1) is 11.8 Å². The highest BCUT2D eigenvalue weighted by Crippen LogP contribution is 2.45. The van der Waals surface area contributed by atoms with Gasteiger partial charge in [-0.3, -0.25) is 9.69 Å². The molecule has 1 fully saturated rings. The molecule has 1 aliphatic rings. The Labute approximate surface area is 147 Å². The monoisotopic (exact) mass is 393 g/mol. The topological polar surface area (TPSA) is 38.8 Å². The third-order valence-electron chi connectivity index (χ3n) is 3.68. The average molecular weight is 394 g/mol. The summed E-state index contributed by atoms with van der Waals surface area (Å²) in [6.45, 7) is 0. The van der Waals surface area contributed by atoms with Crippen molar-refractivity contribution in [3.8, 4) is 11.5 Å². The number of amides is 1. The highest BCUT2D eigenvalue weighted by molar-refractivity contribution is 9.10. The normalized spacial score (nSPS) is 17.4. The summed E-state index contributed by atoms with van der Waals surface area (Å²) in [5, 5.41) is -0.108. The molecule has 0 aliphatic carbocycles. The van der Waals surface area contributed by atoms with E-state index in [0.29, 0.717) is 5.75 Å². The van der Waals surface area contributed by atoms with E-state index < -0.39 is 0 Å². The Morgan fingerprint density at radius 3 is 2.52 bits per heavy atom. The molecule has 0 spiro atoms. The van der Waals surface area contributed by atoms with E-state index in [9.17, 15) is 4.79 Å². The van der Waals surface area contributed by atoms with Crippen molar-refractivity contribution >= 4 is 39.3 Å². The zero-order chi connectivity index (χ0) is 16.4. The van der Waals surface area contributed by atoms with E-state index in [1.807, 2.05) is 47.4 Å². The number of thioether (sulfide) groups is 1. The fourth-order valence-corrected chi connectivity index (χ4v) is 4.14. The van der Waals surface area contributed by atoms with Crippen LogP contribution in [0.25, 0.3) is 0 Å². The fraction of sp³-hybridized carbons (Fsp3) is 0.235. The molecule has 0 N–H and O–H groups in total. The molecule has 2 aromatic carbocycles. The van der Waals surface area contributed by atoms with Crippen LogP contribution >= 0.6 is 27.7 Å². The second-order valence-corrected chi connectivity index (χ2v) is 7.00. The van der Waals surface area contributed by atoms with Gasteiger partial charge in [-0.25, -0.2) is 0 Å². The highest BCUT2D eigenvalue weighted by atomic mass is 79.9. The first-order chi connectivity index (χ1) is 11.1. The van der Waals surface area contributed by atoms with Gasteiger partial charge < -0.3 is 9.47 Å². The molecular formula is C17H16BrNO3S. The summed E-state index contributed by atoms with van der Waals surface area (Å²) in [6, 6.07) is 13.4. The number of ether oxygens (including phenoxy) is 2. The van der Waals surface area contributed by atoms with E-state index in [2.05, 4.69) is 15.9 Å². The van der Waals surface area contributed by atoms with Gasteiger partial charge in [0.25, 0.3) is 0 Å². The molecule has 1 heterocycles. The van der Waals surface area contributed by atoms with Crippen LogP contribution in [0.2, 0.25) is 0 Å². The van der Waals surface area contributed by atoms with Gasteiger partial charge in [0, 0.05) is 15.7 Å². The molecule has 0 radical (unpaired) electrons. The molecule has 1 aliphatic heterocycles. The van der Waals surface area contributed by atoms with E-state index >= 15 is 0 Å². The van der Waals surface area contributed by atoms with Crippen LogP contribution in [-0.2, 0) is 4.79 Å². The van der Waals surface area contributed by atoms with Gasteiger partial charge in [0.2, 0.25) is 5.91 Å². The molecule has 6 heteroatoms. The van der Waals surface area contributed by atoms with E-state index in [-0.39, 0.29) is 11.3 Å². The molecule has 0 unspecified atom stereocenters. The van der Waals surface area contributed by atoms with E-state index in [1.54, 1.807) is 26.0 Å². The lowest BCUT2D eigenvalue weighted by atomic mass is 10.1. The fourth-order valence-electron chi connectivity index (χ4n) is 2.57. The third-order valence-corrected chi connectivity index (χ3v) is 5.36. The molecule has 23 heavy (non-hydrogen) atoms. The summed E-state index contributed by atoms with van der Waals surface area (Å²) >= 11 is 5.10. The van der Waals surface area contributed by atoms with Crippen LogP contribution in [0.1, 0.15) is 10.9 Å². The molecule has 1 saturated heterocycles. The lowest BCUT2D eigenvalue weighted by molar-refractivity contribution is -0.115. The standard InChI is InChI=1S/C17H16BrNO3S/c1-21-13-6-4-12(5-7-13)19-16(20)10-23-17(19)14-9-11(18)3-8-15(14)22-2/h3-9,17H,10H2,1-2H3/t17-/m1/s1. The van der Waals surface area contributed by atoms with Crippen molar-refractivity contribution in [2.45, 2.75) is 5.37 Å². The number of benzene rings is 2. The Kier molecular flexibility index (Phi) is 4.82. The maximum absolute atomic E-state index is 12.4. The third kappa shape index (κ3) is 3.19. The second kappa shape index (κ2) is 6.84. The number of rotatable bonds is 4. The maximum atomic E-state index is 12.4. The van der Waals surface area contributed by atoms with Gasteiger partial charge in [-0.2, -0.15) is 0 Å². The number of hydrogen-bond acceptors (Lipinski definition) is 4. The Morgan fingerprint density at radius 2 is 1.87 bits per heavy atom. The smallest absolute Gasteiger partial charge is 0.238 e. The molecule has 0 aromatic heterocycles. The Balaban J connectivity index is 2.01. The lowest BCUT2D eigenvalue weighted by Crippen LogP contribution is -2.28. The van der Waals surface area contributed by atoms with E-state index in [0.717, 1.165) is 27.2 Å². The molecule has 120 valence electrons. The first kappa shape index (κ1) is 16.2. The summed E-state index contributed by atoms with van der Waals surface area (Å²) < 4.78 is 11.6. The van der Waals surface area contributed by atoms with Crippen molar-refractivity contribution in [1.29, 1.82) is 0 Å². The van der Waals surface area contributed by atoms with E-state index in [4.69, 9.17) is 9.47 Å². The van der Waals surface area contributed by atoms with Gasteiger partial charge in [-0.05, 0) is 42.5 Å². The summed E-state index contributed by atoms with van der Waals surface area (Å²) in [7, 11) is 3.27. The largest absolute Gasteiger partial charge is 0.497 e. The SMILES string of the molecule is COc1ccc(N2C(=O)CS[C@@H]2c2cc(Br)ccc2OC)cc1. The van der Waals surface area contributed by atoms with Crippen molar-refractivity contribution in [3.05, 3.63) is 52.5 Å². The second-order valence-electron chi connectivity index (χ2n) is 5.01. The van der Waals surface area contributed by atoms with Crippen molar-refractivity contribution < 1.29 is 14.3 Å². The zero-order valence-electron chi connectivity index (χ0n) is 12.8. The molecule has 2 aromatic rings. The minimum Gasteiger partial charge on any atom is -0.497 e. The Bertz CT molecular complexity index is 720. The van der Waals surface area contributed by atoms with Crippen LogP contribution in [0.4, 0.5) is 5.69 Å². The van der Waals surface area contributed by atoms with Crippen molar-refractivity contribution in [3.63, 3.8) is 0 Å². The van der Waals surface area contributed by atoms with Gasteiger partial charge >= 0.3 is 0 Å². The number of hydrogen-bond donors (Lipinski definition) is 0. The van der Waals surface area contributed by atoms with Crippen LogP contribution in [0.5, 0.6) is 11.5 Å². The van der Waals surface area contributed by atoms with Gasteiger partial charge in [0.1, 0.15) is 16.9 Å². The zero-order valence-corrected chi connectivity index (χ0v) is 15.2. The molecule has 1 atom stereocenters. The van der Waals surface area contributed by atoms with Crippen LogP contribution in [0, 0.1) is 0 Å². The maximum Gasteiger partial charge on any atom is 0.238 e. The summed E-state index contributed by atoms with van der Waals surface area (Å²) in [5.41, 5.74) is 1.83. The van der Waals surface area contributed by atoms with Crippen molar-refractivity contribution in [1.82, 2.24) is 0 Å². The van der Waals surface area contributed by atoms with Crippen LogP contribution in [0.3, 0.4) is 0 Å². The number of methoxy groups -OCH3 is 2. The van der Waals surface area contributed by atoms with Gasteiger partial charge in [0.05, 0.1) is 20.0 Å². The number of halogens is 1. The first-order valence-electron chi connectivity index (χ1n) is 7.05. The van der Waals surface area contributed by atoms with Crippen molar-refractivity contribution in [2.24, 2.45) is 0 Å². The number of carbonyl (C=O) groups is 1. The van der Waals surface area contributed by atoms with Crippen LogP contribution in [-0.4, -0.2) is 25.9 Å². The number of carbonyl (C=O) groups excluding carboxylic acids is 1. The quantitative estimate of drug-likeness (QED) is 0.778. The molecule has 0 saturated carbocycles. The minimum absolute atomic E-state index is 0.0900. The molecular weight excluding hydrogens is 378 g/mol.